The molecule has 0 aliphatic heterocycles. The summed E-state index contributed by atoms with van der Waals surface area (Å²) < 4.78 is 19.5. The van der Waals surface area contributed by atoms with E-state index >= 15 is 0 Å². The fraction of sp³-hybridized carbons (Fsp3) is 0.250. The lowest BCUT2D eigenvalue weighted by Crippen LogP contribution is -2.27. The van der Waals surface area contributed by atoms with E-state index in [1.54, 1.807) is 12.1 Å². The maximum Gasteiger partial charge on any atom is 0.700 e. The minimum Gasteiger partial charge on any atom is -0.352 e. The highest BCUT2D eigenvalue weighted by Gasteiger charge is 2.42. The van der Waals surface area contributed by atoms with Crippen LogP contribution in [0.4, 0.5) is 0 Å². The average Bonchev–Trinajstić information content (AvgIpc) is 2.28. The highest BCUT2D eigenvalue weighted by Crippen LogP contribution is 2.37. The molecule has 6 nitrogen and oxygen atoms in total. The first-order valence-corrected chi connectivity index (χ1v) is 7.42. The van der Waals surface area contributed by atoms with Crippen LogP contribution in [0.25, 0.3) is 0 Å². The Hall–Kier alpha value is 0.0300. The van der Waals surface area contributed by atoms with E-state index in [0.717, 1.165) is 5.56 Å². The predicted molar refractivity (Wildman–Crippen MR) is 65.5 cm³/mol. The highest BCUT2D eigenvalue weighted by molar-refractivity contribution is 9.08. The maximum absolute atomic E-state index is 10.6. The molecule has 3 unspecified atom stereocenters. The van der Waals surface area contributed by atoms with Gasteiger partial charge in [-0.3, -0.25) is 4.52 Å². The lowest BCUT2D eigenvalue weighted by Gasteiger charge is -2.19. The second-order valence-electron chi connectivity index (χ2n) is 2.93. The molecule has 0 saturated carbocycles. The van der Waals surface area contributed by atoms with E-state index in [1.807, 2.05) is 0 Å². The van der Waals surface area contributed by atoms with Gasteiger partial charge in [-0.05, 0) is 10.1 Å². The van der Waals surface area contributed by atoms with Crippen molar-refractivity contribution in [3.8, 4) is 0 Å². The van der Waals surface area contributed by atoms with Crippen molar-refractivity contribution in [2.24, 2.45) is 0 Å². The summed E-state index contributed by atoms with van der Waals surface area (Å²) in [6, 6.07) is 6.28. The van der Waals surface area contributed by atoms with Gasteiger partial charge in [-0.1, -0.05) is 40.2 Å². The molecule has 3 N–H and O–H groups in total. The van der Waals surface area contributed by atoms with Gasteiger partial charge in [0.05, 0.1) is 0 Å². The Bertz CT molecular complexity index is 386. The van der Waals surface area contributed by atoms with Crippen molar-refractivity contribution in [3.05, 3.63) is 35.4 Å². The Morgan fingerprint density at radius 2 is 2.00 bits per heavy atom. The van der Waals surface area contributed by atoms with E-state index in [-0.39, 0.29) is 5.56 Å². The molecular weight excluding hydrogens is 334 g/mol. The van der Waals surface area contributed by atoms with Crippen LogP contribution in [0, 0.1) is 0 Å². The summed E-state index contributed by atoms with van der Waals surface area (Å²) in [7, 11) is -4.17. The van der Waals surface area contributed by atoms with Crippen LogP contribution in [0.3, 0.4) is 0 Å². The standard InChI is InChI=1S/C8H9BrO6P2/c9-5-6-1-3-7(4-2-6)8(10,14-16-11)15-17(12)13/h1-4,10-11,16H,5H2/p+1. The molecular formula is C8H10BrO6P2+. The van der Waals surface area contributed by atoms with Crippen molar-refractivity contribution in [2.75, 3.05) is 0 Å². The molecule has 1 rings (SSSR count). The van der Waals surface area contributed by atoms with Crippen molar-refractivity contribution < 1.29 is 28.5 Å². The van der Waals surface area contributed by atoms with Crippen LogP contribution < -0.4 is 0 Å². The van der Waals surface area contributed by atoms with Gasteiger partial charge in [-0.25, -0.2) is 0 Å². The van der Waals surface area contributed by atoms with E-state index in [9.17, 15) is 9.67 Å². The number of benzene rings is 1. The van der Waals surface area contributed by atoms with Crippen molar-refractivity contribution in [2.45, 2.75) is 11.3 Å². The monoisotopic (exact) mass is 343 g/mol. The first kappa shape index (κ1) is 15.1. The Morgan fingerprint density at radius 1 is 1.41 bits per heavy atom. The summed E-state index contributed by atoms with van der Waals surface area (Å²) in [6.07, 6.45) is 0. The zero-order chi connectivity index (χ0) is 12.9. The van der Waals surface area contributed by atoms with Gasteiger partial charge >= 0.3 is 14.2 Å². The first-order chi connectivity index (χ1) is 8.01. The van der Waals surface area contributed by atoms with Gasteiger partial charge in [0.25, 0.3) is 0 Å². The predicted octanol–water partition coefficient (Wildman–Crippen LogP) is 1.87. The Kier molecular flexibility index (Phi) is 6.06. The molecule has 0 bridgehead atoms. The molecule has 0 aromatic heterocycles. The average molecular weight is 344 g/mol. The summed E-state index contributed by atoms with van der Waals surface area (Å²) in [4.78, 5) is 17.3. The van der Waals surface area contributed by atoms with Gasteiger partial charge in [0.15, 0.2) is 9.03 Å². The van der Waals surface area contributed by atoms with Crippen LogP contribution in [-0.4, -0.2) is 14.9 Å². The third-order valence-corrected chi connectivity index (χ3v) is 3.28. The Morgan fingerprint density at radius 3 is 2.41 bits per heavy atom. The zero-order valence-electron chi connectivity index (χ0n) is 8.41. The van der Waals surface area contributed by atoms with Gasteiger partial charge in [-0.2, -0.15) is 0 Å². The van der Waals surface area contributed by atoms with Crippen molar-refractivity contribution in [1.82, 2.24) is 0 Å². The van der Waals surface area contributed by atoms with Gasteiger partial charge in [0.1, 0.15) is 0 Å². The zero-order valence-corrected chi connectivity index (χ0v) is 11.9. The molecule has 0 amide bonds. The summed E-state index contributed by atoms with van der Waals surface area (Å²) in [5.74, 6) is -2.43. The lowest BCUT2D eigenvalue weighted by molar-refractivity contribution is -0.282. The first-order valence-electron chi connectivity index (χ1n) is 4.32. The fourth-order valence-electron chi connectivity index (χ4n) is 1.10. The number of aliphatic hydroxyl groups is 1. The lowest BCUT2D eigenvalue weighted by atomic mass is 10.1. The number of hydrogen-bond donors (Lipinski definition) is 3. The number of hydrogen-bond acceptors (Lipinski definition) is 5. The molecule has 0 aliphatic carbocycles. The van der Waals surface area contributed by atoms with E-state index < -0.39 is 23.3 Å². The topological polar surface area (TPSA) is 96.2 Å². The number of halogens is 1. The summed E-state index contributed by atoms with van der Waals surface area (Å²) >= 11 is 3.25. The van der Waals surface area contributed by atoms with Crippen LogP contribution in [0.2, 0.25) is 0 Å². The van der Waals surface area contributed by atoms with Crippen molar-refractivity contribution in [1.29, 1.82) is 0 Å². The second kappa shape index (κ2) is 6.83. The molecule has 9 heteroatoms. The molecule has 0 heterocycles. The van der Waals surface area contributed by atoms with Gasteiger partial charge in [0.2, 0.25) is 0 Å². The van der Waals surface area contributed by atoms with Crippen LogP contribution >= 0.6 is 33.2 Å². The fourth-order valence-corrected chi connectivity index (χ4v) is 2.18. The van der Waals surface area contributed by atoms with Crippen LogP contribution in [-0.2, 0) is 24.9 Å². The molecule has 1 aromatic rings. The molecule has 0 aliphatic rings. The van der Waals surface area contributed by atoms with Crippen molar-refractivity contribution >= 4 is 33.2 Å². The summed E-state index contributed by atoms with van der Waals surface area (Å²) in [6.45, 7) is 0. The molecule has 3 atom stereocenters. The van der Waals surface area contributed by atoms with E-state index in [4.69, 9.17) is 9.79 Å². The van der Waals surface area contributed by atoms with E-state index in [2.05, 4.69) is 25.0 Å². The summed E-state index contributed by atoms with van der Waals surface area (Å²) in [5, 5.41) is 10.5. The number of alkyl halides is 1. The maximum atomic E-state index is 10.6. The Labute approximate surface area is 109 Å². The molecule has 0 fully saturated rings. The third kappa shape index (κ3) is 4.32. The van der Waals surface area contributed by atoms with Crippen LogP contribution in [0.5, 0.6) is 0 Å². The minimum absolute atomic E-state index is 0.112. The molecule has 0 spiro atoms. The molecule has 17 heavy (non-hydrogen) atoms. The quantitative estimate of drug-likeness (QED) is 0.414. The summed E-state index contributed by atoms with van der Waals surface area (Å²) in [5.41, 5.74) is 1.05. The molecule has 94 valence electrons. The third-order valence-electron chi connectivity index (χ3n) is 1.86. The van der Waals surface area contributed by atoms with E-state index in [1.165, 1.54) is 12.1 Å². The normalized spacial score (nSPS) is 16.1. The SMILES string of the molecule is O=[P+](O)OC(O)(OPO)c1ccc(CBr)cc1. The van der Waals surface area contributed by atoms with Gasteiger partial charge in [-0.15, -0.1) is 4.89 Å². The van der Waals surface area contributed by atoms with Crippen LogP contribution in [0.1, 0.15) is 11.1 Å². The molecule has 0 saturated heterocycles. The highest BCUT2D eigenvalue weighted by atomic mass is 79.9. The largest absolute Gasteiger partial charge is 0.700 e. The van der Waals surface area contributed by atoms with Gasteiger partial charge < -0.3 is 10.00 Å². The molecule has 0 radical (unpaired) electrons. The molecule has 1 aromatic carbocycles. The second-order valence-corrected chi connectivity index (χ2v) is 4.54. The Balaban J connectivity index is 2.99. The van der Waals surface area contributed by atoms with Gasteiger partial charge in [0, 0.05) is 15.5 Å². The smallest absolute Gasteiger partial charge is 0.352 e. The van der Waals surface area contributed by atoms with E-state index in [0.29, 0.717) is 5.33 Å². The minimum atomic E-state index is -3.08. The number of rotatable bonds is 6. The van der Waals surface area contributed by atoms with Crippen molar-refractivity contribution in [3.63, 3.8) is 0 Å². The van der Waals surface area contributed by atoms with Crippen LogP contribution in [0.15, 0.2) is 24.3 Å².